The number of aromatic nitrogens is 3. The van der Waals surface area contributed by atoms with Crippen molar-refractivity contribution in [3.8, 4) is 0 Å². The monoisotopic (exact) mass is 348 g/mol. The van der Waals surface area contributed by atoms with Gasteiger partial charge in [-0.05, 0) is 37.0 Å². The minimum absolute atomic E-state index is 0.0808. The molecule has 5 nitrogen and oxygen atoms in total. The number of nitrogens with zero attached hydrogens (tertiary/aromatic N) is 3. The van der Waals surface area contributed by atoms with Crippen LogP contribution in [-0.4, -0.2) is 20.7 Å². The largest absolute Gasteiger partial charge is 0.349 e. The zero-order chi connectivity index (χ0) is 14.8. The number of hydrogen-bond donors (Lipinski definition) is 1. The maximum Gasteiger partial charge on any atom is 0.224 e. The average molecular weight is 349 g/mol. The highest BCUT2D eigenvalue weighted by Crippen LogP contribution is 2.47. The molecule has 0 unspecified atom stereocenters. The van der Waals surface area contributed by atoms with E-state index in [0.29, 0.717) is 12.5 Å². The molecule has 1 aliphatic rings. The molecule has 3 rings (SSSR count). The van der Waals surface area contributed by atoms with Crippen LogP contribution in [0.4, 0.5) is 0 Å². The number of hydrogen-bond acceptors (Lipinski definition) is 3. The van der Waals surface area contributed by atoms with Crippen molar-refractivity contribution in [3.05, 3.63) is 46.5 Å². The molecule has 1 aliphatic carbocycles. The first-order chi connectivity index (χ1) is 10.2. The molecule has 0 aliphatic heterocycles. The molecule has 1 amide bonds. The number of benzene rings is 1. The second-order valence-electron chi connectivity index (χ2n) is 5.25. The Kier molecular flexibility index (Phi) is 4.05. The van der Waals surface area contributed by atoms with E-state index in [-0.39, 0.29) is 11.8 Å². The Balaban J connectivity index is 1.56. The van der Waals surface area contributed by atoms with Gasteiger partial charge in [-0.3, -0.25) is 4.79 Å². The molecule has 0 spiro atoms. The summed E-state index contributed by atoms with van der Waals surface area (Å²) in [5.74, 6) is 1.32. The zero-order valence-electron chi connectivity index (χ0n) is 11.8. The van der Waals surface area contributed by atoms with Crippen LogP contribution < -0.4 is 5.32 Å². The van der Waals surface area contributed by atoms with Gasteiger partial charge in [0, 0.05) is 16.9 Å². The van der Waals surface area contributed by atoms with E-state index in [4.69, 9.17) is 0 Å². The molecule has 6 heteroatoms. The second-order valence-corrected chi connectivity index (χ2v) is 6.17. The first kappa shape index (κ1) is 14.3. The molecule has 1 N–H and O–H groups in total. The lowest BCUT2D eigenvalue weighted by Crippen LogP contribution is -2.26. The van der Waals surface area contributed by atoms with Crippen molar-refractivity contribution < 1.29 is 4.79 Å². The third kappa shape index (κ3) is 3.15. The molecule has 2 atom stereocenters. The van der Waals surface area contributed by atoms with Gasteiger partial charge in [0.2, 0.25) is 5.91 Å². The summed E-state index contributed by atoms with van der Waals surface area (Å²) in [5, 5.41) is 10.8. The molecular formula is C15H17BrN4O. The van der Waals surface area contributed by atoms with Crippen molar-refractivity contribution in [2.24, 2.45) is 5.92 Å². The van der Waals surface area contributed by atoms with E-state index < -0.39 is 0 Å². The van der Waals surface area contributed by atoms with Crippen LogP contribution in [0.1, 0.15) is 30.7 Å². The summed E-state index contributed by atoms with van der Waals surface area (Å²) >= 11 is 3.47. The van der Waals surface area contributed by atoms with Crippen LogP contribution in [0.25, 0.3) is 0 Å². The SMILES string of the molecule is CCn1cnnc1CNC(=O)[C@H]1C[C@H]1c1cccc(Br)c1. The summed E-state index contributed by atoms with van der Waals surface area (Å²) in [6.45, 7) is 3.27. The van der Waals surface area contributed by atoms with Crippen molar-refractivity contribution in [1.29, 1.82) is 0 Å². The maximum absolute atomic E-state index is 12.2. The summed E-state index contributed by atoms with van der Waals surface area (Å²) in [5.41, 5.74) is 1.22. The molecule has 0 radical (unpaired) electrons. The molecule has 1 aromatic carbocycles. The lowest BCUT2D eigenvalue weighted by molar-refractivity contribution is -0.122. The van der Waals surface area contributed by atoms with Crippen LogP contribution in [0.15, 0.2) is 35.1 Å². The van der Waals surface area contributed by atoms with E-state index in [2.05, 4.69) is 43.6 Å². The summed E-state index contributed by atoms with van der Waals surface area (Å²) in [6.07, 6.45) is 2.60. The van der Waals surface area contributed by atoms with E-state index in [9.17, 15) is 4.79 Å². The van der Waals surface area contributed by atoms with Gasteiger partial charge in [0.15, 0.2) is 5.82 Å². The van der Waals surface area contributed by atoms with Crippen molar-refractivity contribution >= 4 is 21.8 Å². The quantitative estimate of drug-likeness (QED) is 0.902. The molecule has 1 fully saturated rings. The standard InChI is InChI=1S/C15H17BrN4O/c1-2-20-9-18-19-14(20)8-17-15(21)13-7-12(13)10-4-3-5-11(16)6-10/h3-6,9,12-13H,2,7-8H2,1H3,(H,17,21)/t12-,13-/m0/s1. The molecule has 21 heavy (non-hydrogen) atoms. The Morgan fingerprint density at radius 1 is 1.52 bits per heavy atom. The van der Waals surface area contributed by atoms with Crippen LogP contribution in [0.2, 0.25) is 0 Å². The van der Waals surface area contributed by atoms with E-state index in [1.165, 1.54) is 5.56 Å². The third-order valence-corrected chi connectivity index (χ3v) is 4.35. The summed E-state index contributed by atoms with van der Waals surface area (Å²) in [7, 11) is 0. The van der Waals surface area contributed by atoms with Gasteiger partial charge in [0.1, 0.15) is 6.33 Å². The molecular weight excluding hydrogens is 332 g/mol. The summed E-state index contributed by atoms with van der Waals surface area (Å²) < 4.78 is 2.99. The normalized spacial score (nSPS) is 20.3. The van der Waals surface area contributed by atoms with Gasteiger partial charge in [-0.2, -0.15) is 0 Å². The maximum atomic E-state index is 12.2. The van der Waals surface area contributed by atoms with Gasteiger partial charge in [0.25, 0.3) is 0 Å². The Morgan fingerprint density at radius 3 is 3.14 bits per heavy atom. The molecule has 0 bridgehead atoms. The van der Waals surface area contributed by atoms with Gasteiger partial charge < -0.3 is 9.88 Å². The van der Waals surface area contributed by atoms with Crippen molar-refractivity contribution in [2.45, 2.75) is 32.4 Å². The fourth-order valence-corrected chi connectivity index (χ4v) is 2.98. The number of halogens is 1. The van der Waals surface area contributed by atoms with Crippen molar-refractivity contribution in [3.63, 3.8) is 0 Å². The lowest BCUT2D eigenvalue weighted by atomic mass is 10.1. The Labute approximate surface area is 131 Å². The third-order valence-electron chi connectivity index (χ3n) is 3.86. The van der Waals surface area contributed by atoms with Gasteiger partial charge in [-0.25, -0.2) is 0 Å². The molecule has 0 saturated heterocycles. The van der Waals surface area contributed by atoms with Gasteiger partial charge in [-0.15, -0.1) is 10.2 Å². The van der Waals surface area contributed by atoms with Crippen molar-refractivity contribution in [1.82, 2.24) is 20.1 Å². The Hall–Kier alpha value is -1.69. The molecule has 110 valence electrons. The fraction of sp³-hybridized carbons (Fsp3) is 0.400. The summed E-state index contributed by atoms with van der Waals surface area (Å²) in [4.78, 5) is 12.2. The highest BCUT2D eigenvalue weighted by atomic mass is 79.9. The van der Waals surface area contributed by atoms with Crippen LogP contribution in [0.3, 0.4) is 0 Å². The number of carbonyl (C=O) groups is 1. The van der Waals surface area contributed by atoms with Crippen LogP contribution in [-0.2, 0) is 17.9 Å². The number of rotatable bonds is 5. The second kappa shape index (κ2) is 5.97. The van der Waals surface area contributed by atoms with E-state index in [0.717, 1.165) is 23.3 Å². The number of aryl methyl sites for hydroxylation is 1. The van der Waals surface area contributed by atoms with Gasteiger partial charge in [-0.1, -0.05) is 28.1 Å². The lowest BCUT2D eigenvalue weighted by Gasteiger charge is -2.06. The predicted octanol–water partition coefficient (Wildman–Crippen LogP) is 2.48. The van der Waals surface area contributed by atoms with Crippen LogP contribution in [0.5, 0.6) is 0 Å². The first-order valence-corrected chi connectivity index (χ1v) is 7.88. The molecule has 2 aromatic rings. The number of carbonyl (C=O) groups excluding carboxylic acids is 1. The minimum atomic E-state index is 0.0808. The summed E-state index contributed by atoms with van der Waals surface area (Å²) in [6, 6.07) is 8.18. The Morgan fingerprint density at radius 2 is 2.38 bits per heavy atom. The minimum Gasteiger partial charge on any atom is -0.349 e. The number of amides is 1. The van der Waals surface area contributed by atoms with Gasteiger partial charge in [0.05, 0.1) is 6.54 Å². The topological polar surface area (TPSA) is 59.8 Å². The van der Waals surface area contributed by atoms with Crippen molar-refractivity contribution in [2.75, 3.05) is 0 Å². The predicted molar refractivity (Wildman–Crippen MR) is 82.5 cm³/mol. The Bertz CT molecular complexity index is 655. The number of nitrogens with one attached hydrogen (secondary N) is 1. The smallest absolute Gasteiger partial charge is 0.224 e. The van der Waals surface area contributed by atoms with E-state index in [1.54, 1.807) is 6.33 Å². The molecule has 1 heterocycles. The van der Waals surface area contributed by atoms with E-state index >= 15 is 0 Å². The van der Waals surface area contributed by atoms with Gasteiger partial charge >= 0.3 is 0 Å². The zero-order valence-corrected chi connectivity index (χ0v) is 13.4. The van der Waals surface area contributed by atoms with E-state index in [1.807, 2.05) is 23.6 Å². The highest BCUT2D eigenvalue weighted by Gasteiger charge is 2.43. The van der Waals surface area contributed by atoms with Crippen LogP contribution in [0, 0.1) is 5.92 Å². The fourth-order valence-electron chi connectivity index (χ4n) is 2.57. The first-order valence-electron chi connectivity index (χ1n) is 7.09. The molecule has 1 aromatic heterocycles. The average Bonchev–Trinajstić information content (AvgIpc) is 3.16. The molecule has 1 saturated carbocycles. The highest BCUT2D eigenvalue weighted by molar-refractivity contribution is 9.10. The van der Waals surface area contributed by atoms with Crippen LogP contribution >= 0.6 is 15.9 Å².